The standard InChI is InChI=1S/C24H17NO/c1-26-18-9-6-8-17(15-18)24-21-14-13-16-7-2-3-10-19(16)23(21)20-11-4-5-12-22(20)25-24/h2-15H,1H3. The Morgan fingerprint density at radius 2 is 1.50 bits per heavy atom. The summed E-state index contributed by atoms with van der Waals surface area (Å²) in [7, 11) is 1.69. The molecular formula is C24H17NO. The maximum Gasteiger partial charge on any atom is 0.119 e. The van der Waals surface area contributed by atoms with Crippen molar-refractivity contribution in [3.63, 3.8) is 0 Å². The molecule has 0 N–H and O–H groups in total. The molecule has 5 aromatic rings. The van der Waals surface area contributed by atoms with Gasteiger partial charge in [0.15, 0.2) is 0 Å². The lowest BCUT2D eigenvalue weighted by Gasteiger charge is -2.13. The largest absolute Gasteiger partial charge is 0.497 e. The van der Waals surface area contributed by atoms with Crippen molar-refractivity contribution in [1.29, 1.82) is 0 Å². The third-order valence-corrected chi connectivity index (χ3v) is 4.93. The molecule has 1 aromatic heterocycles. The van der Waals surface area contributed by atoms with E-state index in [1.165, 1.54) is 21.5 Å². The van der Waals surface area contributed by atoms with Crippen LogP contribution in [0.3, 0.4) is 0 Å². The number of hydrogen-bond acceptors (Lipinski definition) is 2. The lowest BCUT2D eigenvalue weighted by molar-refractivity contribution is 0.415. The van der Waals surface area contributed by atoms with E-state index >= 15 is 0 Å². The normalized spacial score (nSPS) is 11.3. The molecule has 0 saturated heterocycles. The smallest absolute Gasteiger partial charge is 0.119 e. The monoisotopic (exact) mass is 335 g/mol. The van der Waals surface area contributed by atoms with Crippen LogP contribution in [0, 0.1) is 0 Å². The van der Waals surface area contributed by atoms with Crippen LogP contribution in [0.5, 0.6) is 5.75 Å². The number of para-hydroxylation sites is 1. The minimum Gasteiger partial charge on any atom is -0.497 e. The molecule has 0 bridgehead atoms. The summed E-state index contributed by atoms with van der Waals surface area (Å²) in [6.07, 6.45) is 0. The lowest BCUT2D eigenvalue weighted by Crippen LogP contribution is -1.91. The molecule has 26 heavy (non-hydrogen) atoms. The van der Waals surface area contributed by atoms with Crippen LogP contribution in [0.1, 0.15) is 0 Å². The molecular weight excluding hydrogens is 318 g/mol. The van der Waals surface area contributed by atoms with Gasteiger partial charge in [-0.3, -0.25) is 0 Å². The maximum absolute atomic E-state index is 5.42. The first-order valence-corrected chi connectivity index (χ1v) is 8.70. The van der Waals surface area contributed by atoms with Crippen molar-refractivity contribution in [1.82, 2.24) is 4.98 Å². The van der Waals surface area contributed by atoms with Gasteiger partial charge in [-0.25, -0.2) is 4.98 Å². The second-order valence-corrected chi connectivity index (χ2v) is 6.42. The van der Waals surface area contributed by atoms with Crippen LogP contribution in [0.25, 0.3) is 43.7 Å². The molecule has 124 valence electrons. The lowest BCUT2D eigenvalue weighted by atomic mass is 9.95. The van der Waals surface area contributed by atoms with Crippen LogP contribution in [0.15, 0.2) is 84.9 Å². The average Bonchev–Trinajstić information content (AvgIpc) is 2.72. The van der Waals surface area contributed by atoms with Gasteiger partial charge in [-0.15, -0.1) is 0 Å². The van der Waals surface area contributed by atoms with E-state index in [1.54, 1.807) is 7.11 Å². The summed E-state index contributed by atoms with van der Waals surface area (Å²) in [5.41, 5.74) is 3.06. The van der Waals surface area contributed by atoms with Crippen molar-refractivity contribution >= 4 is 32.4 Å². The number of pyridine rings is 1. The zero-order valence-corrected chi connectivity index (χ0v) is 14.4. The molecule has 0 aliphatic rings. The Balaban J connectivity index is 1.99. The molecule has 0 aliphatic carbocycles. The molecule has 0 atom stereocenters. The van der Waals surface area contributed by atoms with E-state index in [1.807, 2.05) is 24.3 Å². The van der Waals surface area contributed by atoms with Crippen molar-refractivity contribution in [2.75, 3.05) is 7.11 Å². The summed E-state index contributed by atoms with van der Waals surface area (Å²) in [6, 6.07) is 29.4. The molecule has 0 fully saturated rings. The van der Waals surface area contributed by atoms with Crippen molar-refractivity contribution < 1.29 is 4.74 Å². The Kier molecular flexibility index (Phi) is 3.36. The van der Waals surface area contributed by atoms with E-state index in [0.29, 0.717) is 0 Å². The quantitative estimate of drug-likeness (QED) is 0.357. The van der Waals surface area contributed by atoms with Crippen molar-refractivity contribution in [3.8, 4) is 17.0 Å². The minimum atomic E-state index is 0.839. The molecule has 0 aliphatic heterocycles. The van der Waals surface area contributed by atoms with Gasteiger partial charge in [-0.2, -0.15) is 0 Å². The predicted octanol–water partition coefficient (Wildman–Crippen LogP) is 6.22. The molecule has 0 spiro atoms. The molecule has 0 radical (unpaired) electrons. The van der Waals surface area contributed by atoms with Crippen LogP contribution in [0.4, 0.5) is 0 Å². The Hall–Kier alpha value is -3.39. The number of methoxy groups -OCH3 is 1. The summed E-state index contributed by atoms with van der Waals surface area (Å²) < 4.78 is 5.42. The molecule has 5 rings (SSSR count). The number of ether oxygens (including phenoxy) is 1. The van der Waals surface area contributed by atoms with E-state index in [9.17, 15) is 0 Å². The fourth-order valence-corrected chi connectivity index (χ4v) is 3.71. The number of aromatic nitrogens is 1. The average molecular weight is 335 g/mol. The van der Waals surface area contributed by atoms with Crippen LogP contribution < -0.4 is 4.74 Å². The minimum absolute atomic E-state index is 0.839. The molecule has 2 nitrogen and oxygen atoms in total. The summed E-state index contributed by atoms with van der Waals surface area (Å²) >= 11 is 0. The summed E-state index contributed by atoms with van der Waals surface area (Å²) in [5, 5.41) is 6.11. The van der Waals surface area contributed by atoms with E-state index < -0.39 is 0 Å². The fraction of sp³-hybridized carbons (Fsp3) is 0.0417. The molecule has 2 heteroatoms. The fourth-order valence-electron chi connectivity index (χ4n) is 3.71. The SMILES string of the molecule is COc1cccc(-c2nc3ccccc3c3c2ccc2ccccc23)c1. The first kappa shape index (κ1) is 14.9. The first-order chi connectivity index (χ1) is 12.8. The molecule has 0 unspecified atom stereocenters. The van der Waals surface area contributed by atoms with Gasteiger partial charge in [0.25, 0.3) is 0 Å². The second kappa shape index (κ2) is 5.85. The number of benzene rings is 4. The number of nitrogens with zero attached hydrogens (tertiary/aromatic N) is 1. The van der Waals surface area contributed by atoms with Crippen LogP contribution >= 0.6 is 0 Å². The van der Waals surface area contributed by atoms with Crippen LogP contribution in [-0.2, 0) is 0 Å². The zero-order valence-electron chi connectivity index (χ0n) is 14.4. The molecule has 1 heterocycles. The zero-order chi connectivity index (χ0) is 17.5. The Morgan fingerprint density at radius 1 is 0.692 bits per heavy atom. The molecule has 4 aromatic carbocycles. The van der Waals surface area contributed by atoms with Crippen LogP contribution in [-0.4, -0.2) is 12.1 Å². The number of rotatable bonds is 2. The highest BCUT2D eigenvalue weighted by Gasteiger charge is 2.13. The number of fused-ring (bicyclic) bond motifs is 5. The predicted molar refractivity (Wildman–Crippen MR) is 109 cm³/mol. The van der Waals surface area contributed by atoms with Gasteiger partial charge in [-0.05, 0) is 29.0 Å². The summed E-state index contributed by atoms with van der Waals surface area (Å²) in [6.45, 7) is 0. The van der Waals surface area contributed by atoms with Gasteiger partial charge in [0.1, 0.15) is 5.75 Å². The second-order valence-electron chi connectivity index (χ2n) is 6.42. The van der Waals surface area contributed by atoms with Crippen molar-refractivity contribution in [2.45, 2.75) is 0 Å². The Bertz CT molecular complexity index is 1260. The van der Waals surface area contributed by atoms with Crippen molar-refractivity contribution in [3.05, 3.63) is 84.9 Å². The van der Waals surface area contributed by atoms with E-state index in [2.05, 4.69) is 60.7 Å². The van der Waals surface area contributed by atoms with Gasteiger partial charge in [0, 0.05) is 21.7 Å². The third-order valence-electron chi connectivity index (χ3n) is 4.93. The molecule has 0 amide bonds. The third kappa shape index (κ3) is 2.23. The maximum atomic E-state index is 5.42. The molecule has 0 saturated carbocycles. The Morgan fingerprint density at radius 3 is 2.38 bits per heavy atom. The van der Waals surface area contributed by atoms with Gasteiger partial charge in [-0.1, -0.05) is 66.7 Å². The first-order valence-electron chi connectivity index (χ1n) is 8.70. The van der Waals surface area contributed by atoms with Crippen LogP contribution in [0.2, 0.25) is 0 Å². The number of hydrogen-bond donors (Lipinski definition) is 0. The van der Waals surface area contributed by atoms with Gasteiger partial charge < -0.3 is 4.74 Å². The van der Waals surface area contributed by atoms with E-state index in [0.717, 1.165) is 27.9 Å². The Labute approximate surface area is 151 Å². The summed E-state index contributed by atoms with van der Waals surface area (Å²) in [5.74, 6) is 0.839. The highest BCUT2D eigenvalue weighted by molar-refractivity contribution is 6.22. The van der Waals surface area contributed by atoms with Gasteiger partial charge >= 0.3 is 0 Å². The topological polar surface area (TPSA) is 22.1 Å². The van der Waals surface area contributed by atoms with Gasteiger partial charge in [0.05, 0.1) is 18.3 Å². The van der Waals surface area contributed by atoms with E-state index in [4.69, 9.17) is 9.72 Å². The highest BCUT2D eigenvalue weighted by Crippen LogP contribution is 2.37. The van der Waals surface area contributed by atoms with Gasteiger partial charge in [0.2, 0.25) is 0 Å². The van der Waals surface area contributed by atoms with E-state index in [-0.39, 0.29) is 0 Å². The highest BCUT2D eigenvalue weighted by atomic mass is 16.5. The summed E-state index contributed by atoms with van der Waals surface area (Å²) in [4.78, 5) is 5.00. The van der Waals surface area contributed by atoms with Crippen molar-refractivity contribution in [2.24, 2.45) is 0 Å².